The number of carbonyl (C=O) groups is 1. The minimum atomic E-state index is -0.0464. The Morgan fingerprint density at radius 1 is 1.29 bits per heavy atom. The summed E-state index contributed by atoms with van der Waals surface area (Å²) in [5.41, 5.74) is 4.13. The van der Waals surface area contributed by atoms with E-state index in [4.69, 9.17) is 0 Å². The summed E-state index contributed by atoms with van der Waals surface area (Å²) in [5.74, 6) is 1.38. The van der Waals surface area contributed by atoms with E-state index in [2.05, 4.69) is 26.0 Å². The van der Waals surface area contributed by atoms with Crippen molar-refractivity contribution in [3.05, 3.63) is 34.9 Å². The molecule has 0 saturated carbocycles. The van der Waals surface area contributed by atoms with Crippen LogP contribution < -0.4 is 0 Å². The molecule has 114 valence electrons. The van der Waals surface area contributed by atoms with Gasteiger partial charge in [-0.15, -0.1) is 0 Å². The fraction of sp³-hybridized carbons (Fsp3) is 0.632. The van der Waals surface area contributed by atoms with Crippen LogP contribution in [0, 0.1) is 17.3 Å². The highest BCUT2D eigenvalue weighted by Crippen LogP contribution is 2.52. The summed E-state index contributed by atoms with van der Waals surface area (Å²) in [5, 5.41) is 9.98. The van der Waals surface area contributed by atoms with Gasteiger partial charge in [0, 0.05) is 11.8 Å². The van der Waals surface area contributed by atoms with Gasteiger partial charge >= 0.3 is 0 Å². The molecule has 0 aromatic heterocycles. The summed E-state index contributed by atoms with van der Waals surface area (Å²) in [6.07, 6.45) is 12.3. The molecular weight excluding hydrogens is 260 g/mol. The van der Waals surface area contributed by atoms with Crippen LogP contribution in [-0.2, 0) is 4.79 Å². The molecule has 0 heterocycles. The first kappa shape index (κ1) is 14.8. The van der Waals surface area contributed by atoms with Gasteiger partial charge in [-0.2, -0.15) is 0 Å². The highest BCUT2D eigenvalue weighted by Gasteiger charge is 2.44. The quantitative estimate of drug-likeness (QED) is 0.852. The highest BCUT2D eigenvalue weighted by molar-refractivity contribution is 5.93. The molecule has 0 aliphatic heterocycles. The lowest BCUT2D eigenvalue weighted by atomic mass is 9.57. The fourth-order valence-electron chi connectivity index (χ4n) is 4.78. The molecule has 3 atom stereocenters. The lowest BCUT2D eigenvalue weighted by Crippen LogP contribution is -2.41. The molecule has 0 saturated heterocycles. The van der Waals surface area contributed by atoms with E-state index in [1.807, 2.05) is 6.08 Å². The molecule has 3 aliphatic carbocycles. The Kier molecular flexibility index (Phi) is 3.92. The third-order valence-electron chi connectivity index (χ3n) is 6.03. The van der Waals surface area contributed by atoms with E-state index in [1.165, 1.54) is 16.7 Å². The van der Waals surface area contributed by atoms with Gasteiger partial charge in [-0.05, 0) is 60.3 Å². The number of fused-ring (bicyclic) bond motifs is 2. The predicted molar refractivity (Wildman–Crippen MR) is 84.8 cm³/mol. The van der Waals surface area contributed by atoms with Crippen LogP contribution in [0.3, 0.4) is 0 Å². The third-order valence-corrected chi connectivity index (χ3v) is 6.03. The van der Waals surface area contributed by atoms with Crippen LogP contribution in [0.4, 0.5) is 0 Å². The van der Waals surface area contributed by atoms with E-state index in [9.17, 15) is 9.90 Å². The van der Waals surface area contributed by atoms with Crippen molar-refractivity contribution in [3.63, 3.8) is 0 Å². The van der Waals surface area contributed by atoms with Crippen molar-refractivity contribution in [2.75, 3.05) is 6.61 Å². The number of allylic oxidation sites excluding steroid dienone is 5. The Labute approximate surface area is 127 Å². The number of ketones is 1. The monoisotopic (exact) mass is 286 g/mol. The number of hydrogen-bond donors (Lipinski definition) is 1. The van der Waals surface area contributed by atoms with Crippen molar-refractivity contribution >= 4 is 5.78 Å². The molecule has 0 radical (unpaired) electrons. The van der Waals surface area contributed by atoms with Crippen molar-refractivity contribution in [1.29, 1.82) is 0 Å². The van der Waals surface area contributed by atoms with Crippen LogP contribution in [0.1, 0.15) is 52.4 Å². The summed E-state index contributed by atoms with van der Waals surface area (Å²) in [6.45, 7) is 4.69. The highest BCUT2D eigenvalue weighted by atomic mass is 16.3. The Hall–Kier alpha value is -1.15. The van der Waals surface area contributed by atoms with Gasteiger partial charge < -0.3 is 5.11 Å². The third kappa shape index (κ3) is 2.24. The zero-order chi connectivity index (χ0) is 15.0. The fourth-order valence-corrected chi connectivity index (χ4v) is 4.78. The maximum atomic E-state index is 11.6. The zero-order valence-electron chi connectivity index (χ0n) is 13.2. The SMILES string of the molecule is CCC1[C@@H]2CCC3=CC(=O)CCC3=C2C=CC1(CC)CO. The van der Waals surface area contributed by atoms with Crippen molar-refractivity contribution in [1.82, 2.24) is 0 Å². The number of aliphatic hydroxyl groups excluding tert-OH is 1. The van der Waals surface area contributed by atoms with Crippen molar-refractivity contribution < 1.29 is 9.90 Å². The van der Waals surface area contributed by atoms with Crippen molar-refractivity contribution in [2.45, 2.75) is 52.4 Å². The van der Waals surface area contributed by atoms with E-state index in [0.717, 1.165) is 32.1 Å². The van der Waals surface area contributed by atoms with Crippen molar-refractivity contribution in [3.8, 4) is 0 Å². The molecule has 2 nitrogen and oxygen atoms in total. The molecule has 0 fully saturated rings. The Morgan fingerprint density at radius 3 is 2.76 bits per heavy atom. The smallest absolute Gasteiger partial charge is 0.156 e. The van der Waals surface area contributed by atoms with Gasteiger partial charge in [0.1, 0.15) is 0 Å². The van der Waals surface area contributed by atoms with Crippen LogP contribution >= 0.6 is 0 Å². The summed E-state index contributed by atoms with van der Waals surface area (Å²) in [7, 11) is 0. The minimum absolute atomic E-state index is 0.0464. The molecule has 0 amide bonds. The molecule has 21 heavy (non-hydrogen) atoms. The van der Waals surface area contributed by atoms with E-state index < -0.39 is 0 Å². The molecule has 1 N–H and O–H groups in total. The van der Waals surface area contributed by atoms with Crippen molar-refractivity contribution in [2.24, 2.45) is 17.3 Å². The number of hydrogen-bond acceptors (Lipinski definition) is 2. The van der Waals surface area contributed by atoms with E-state index in [0.29, 0.717) is 18.3 Å². The van der Waals surface area contributed by atoms with E-state index in [-0.39, 0.29) is 17.8 Å². The van der Waals surface area contributed by atoms with Crippen LogP contribution in [0.5, 0.6) is 0 Å². The van der Waals surface area contributed by atoms with Gasteiger partial charge in [0.2, 0.25) is 0 Å². The largest absolute Gasteiger partial charge is 0.395 e. The molecule has 0 spiro atoms. The second-order valence-electron chi connectivity index (χ2n) is 6.81. The molecule has 3 aliphatic rings. The van der Waals surface area contributed by atoms with Gasteiger partial charge in [-0.25, -0.2) is 0 Å². The normalized spacial score (nSPS) is 35.4. The molecule has 0 bridgehead atoms. The average Bonchev–Trinajstić information content (AvgIpc) is 2.52. The first-order valence-electron chi connectivity index (χ1n) is 8.42. The maximum Gasteiger partial charge on any atom is 0.156 e. The molecule has 2 heteroatoms. The predicted octanol–water partition coefficient (Wildman–Crippen LogP) is 3.97. The lowest BCUT2D eigenvalue weighted by Gasteiger charge is -2.47. The standard InChI is InChI=1S/C19H26O2/c1-3-18-17-7-5-13-11-14(21)6-8-15(13)16(17)9-10-19(18,4-2)12-20/h9-11,17-18,20H,3-8,12H2,1-2H3/t17-,18?,19?/m1/s1. The van der Waals surface area contributed by atoms with Gasteiger partial charge in [-0.1, -0.05) is 32.4 Å². The van der Waals surface area contributed by atoms with E-state index in [1.54, 1.807) is 0 Å². The summed E-state index contributed by atoms with van der Waals surface area (Å²) >= 11 is 0. The summed E-state index contributed by atoms with van der Waals surface area (Å²) < 4.78 is 0. The molecule has 0 aromatic carbocycles. The molecule has 3 rings (SSSR count). The Morgan fingerprint density at radius 2 is 2.10 bits per heavy atom. The molecule has 0 aromatic rings. The second kappa shape index (κ2) is 5.57. The van der Waals surface area contributed by atoms with E-state index >= 15 is 0 Å². The van der Waals surface area contributed by atoms with Crippen LogP contribution in [0.25, 0.3) is 0 Å². The number of rotatable bonds is 3. The van der Waals surface area contributed by atoms with Crippen LogP contribution in [0.2, 0.25) is 0 Å². The van der Waals surface area contributed by atoms with Gasteiger partial charge in [0.25, 0.3) is 0 Å². The van der Waals surface area contributed by atoms with Gasteiger partial charge in [-0.3, -0.25) is 4.79 Å². The molecular formula is C19H26O2. The lowest BCUT2D eigenvalue weighted by molar-refractivity contribution is -0.114. The average molecular weight is 286 g/mol. The van der Waals surface area contributed by atoms with Crippen LogP contribution in [-0.4, -0.2) is 17.5 Å². The Balaban J connectivity index is 2.08. The second-order valence-corrected chi connectivity index (χ2v) is 6.81. The summed E-state index contributed by atoms with van der Waals surface area (Å²) in [6, 6.07) is 0. The molecule has 2 unspecified atom stereocenters. The van der Waals surface area contributed by atoms with Gasteiger partial charge in [0.05, 0.1) is 6.61 Å². The zero-order valence-corrected chi connectivity index (χ0v) is 13.2. The van der Waals surface area contributed by atoms with Crippen LogP contribution in [0.15, 0.2) is 34.9 Å². The minimum Gasteiger partial charge on any atom is -0.395 e. The van der Waals surface area contributed by atoms with Gasteiger partial charge in [0.15, 0.2) is 5.78 Å². The first-order chi connectivity index (χ1) is 10.1. The Bertz CT molecular complexity index is 532. The number of carbonyl (C=O) groups excluding carboxylic acids is 1. The summed E-state index contributed by atoms with van der Waals surface area (Å²) in [4.78, 5) is 11.6. The topological polar surface area (TPSA) is 37.3 Å². The maximum absolute atomic E-state index is 11.6. The first-order valence-corrected chi connectivity index (χ1v) is 8.42. The number of aliphatic hydroxyl groups is 1.